The average Bonchev–Trinajstić information content (AvgIpc) is 2.91. The van der Waals surface area contributed by atoms with Gasteiger partial charge in [-0.05, 0) is 43.9 Å². The molecule has 2 bridgehead atoms. The SMILES string of the molecule is CC(C)C1CCCCC1NC1CC2CCC1O2. The molecule has 0 radical (unpaired) electrons. The molecule has 0 aromatic heterocycles. The molecule has 0 aromatic rings. The van der Waals surface area contributed by atoms with E-state index in [2.05, 4.69) is 19.2 Å². The third kappa shape index (κ3) is 2.39. The molecule has 1 saturated carbocycles. The van der Waals surface area contributed by atoms with E-state index in [1.54, 1.807) is 0 Å². The number of nitrogens with one attached hydrogen (secondary N) is 1. The fourth-order valence-corrected chi connectivity index (χ4v) is 4.25. The predicted molar refractivity (Wildman–Crippen MR) is 70.0 cm³/mol. The van der Waals surface area contributed by atoms with Crippen LogP contribution in [0.4, 0.5) is 0 Å². The van der Waals surface area contributed by atoms with Gasteiger partial charge in [-0.1, -0.05) is 26.7 Å². The maximum absolute atomic E-state index is 5.96. The van der Waals surface area contributed by atoms with Gasteiger partial charge in [-0.2, -0.15) is 0 Å². The van der Waals surface area contributed by atoms with Crippen LogP contribution in [0.2, 0.25) is 0 Å². The summed E-state index contributed by atoms with van der Waals surface area (Å²) in [6.07, 6.45) is 10.7. The van der Waals surface area contributed by atoms with Crippen LogP contribution in [0.3, 0.4) is 0 Å². The fourth-order valence-electron chi connectivity index (χ4n) is 4.25. The summed E-state index contributed by atoms with van der Waals surface area (Å²) < 4.78 is 5.96. The summed E-state index contributed by atoms with van der Waals surface area (Å²) in [5, 5.41) is 3.96. The number of hydrogen-bond acceptors (Lipinski definition) is 2. The maximum atomic E-state index is 5.96. The lowest BCUT2D eigenvalue weighted by atomic mass is 9.77. The van der Waals surface area contributed by atoms with E-state index in [-0.39, 0.29) is 0 Å². The summed E-state index contributed by atoms with van der Waals surface area (Å²) in [6, 6.07) is 1.43. The van der Waals surface area contributed by atoms with Gasteiger partial charge in [-0.25, -0.2) is 0 Å². The Morgan fingerprint density at radius 1 is 1.00 bits per heavy atom. The molecule has 2 nitrogen and oxygen atoms in total. The van der Waals surface area contributed by atoms with E-state index in [9.17, 15) is 0 Å². The Kier molecular flexibility index (Phi) is 3.45. The van der Waals surface area contributed by atoms with Crippen LogP contribution < -0.4 is 5.32 Å². The highest BCUT2D eigenvalue weighted by Gasteiger charge is 2.42. The Labute approximate surface area is 105 Å². The van der Waals surface area contributed by atoms with Gasteiger partial charge in [-0.3, -0.25) is 0 Å². The van der Waals surface area contributed by atoms with Gasteiger partial charge in [-0.15, -0.1) is 0 Å². The molecule has 2 heteroatoms. The van der Waals surface area contributed by atoms with Crippen LogP contribution >= 0.6 is 0 Å². The van der Waals surface area contributed by atoms with Crippen molar-refractivity contribution in [1.29, 1.82) is 0 Å². The van der Waals surface area contributed by atoms with Crippen LogP contribution in [0.5, 0.6) is 0 Å². The van der Waals surface area contributed by atoms with Crippen LogP contribution in [0.15, 0.2) is 0 Å². The van der Waals surface area contributed by atoms with Crippen molar-refractivity contribution in [3.63, 3.8) is 0 Å². The summed E-state index contributed by atoms with van der Waals surface area (Å²) in [6.45, 7) is 4.78. The van der Waals surface area contributed by atoms with Crippen molar-refractivity contribution in [3.05, 3.63) is 0 Å². The largest absolute Gasteiger partial charge is 0.373 e. The molecule has 2 heterocycles. The second-order valence-electron chi connectivity index (χ2n) is 6.68. The Bertz CT molecular complexity index is 266. The summed E-state index contributed by atoms with van der Waals surface area (Å²) >= 11 is 0. The molecular weight excluding hydrogens is 210 g/mol. The number of hydrogen-bond donors (Lipinski definition) is 1. The molecule has 3 rings (SSSR count). The van der Waals surface area contributed by atoms with E-state index < -0.39 is 0 Å². The van der Waals surface area contributed by atoms with Crippen LogP contribution in [-0.4, -0.2) is 24.3 Å². The van der Waals surface area contributed by atoms with Gasteiger partial charge in [0.15, 0.2) is 0 Å². The minimum Gasteiger partial charge on any atom is -0.373 e. The standard InChI is InChI=1S/C15H27NO/c1-10(2)12-5-3-4-6-13(12)16-14-9-11-7-8-15(14)17-11/h10-16H,3-9H2,1-2H3. The van der Waals surface area contributed by atoms with Gasteiger partial charge >= 0.3 is 0 Å². The molecule has 1 aliphatic carbocycles. The molecule has 0 spiro atoms. The summed E-state index contributed by atoms with van der Waals surface area (Å²) in [5.41, 5.74) is 0. The van der Waals surface area contributed by atoms with Crippen LogP contribution in [0.25, 0.3) is 0 Å². The first kappa shape index (κ1) is 12.0. The Balaban J connectivity index is 1.59. The highest BCUT2D eigenvalue weighted by atomic mass is 16.5. The molecule has 1 N–H and O–H groups in total. The van der Waals surface area contributed by atoms with Crippen molar-refractivity contribution in [2.75, 3.05) is 0 Å². The van der Waals surface area contributed by atoms with Crippen molar-refractivity contribution in [2.24, 2.45) is 11.8 Å². The van der Waals surface area contributed by atoms with E-state index in [0.29, 0.717) is 18.2 Å². The summed E-state index contributed by atoms with van der Waals surface area (Å²) in [5.74, 6) is 1.72. The van der Waals surface area contributed by atoms with Crippen LogP contribution in [-0.2, 0) is 4.74 Å². The fraction of sp³-hybridized carbons (Fsp3) is 1.00. The minimum atomic E-state index is 0.537. The van der Waals surface area contributed by atoms with Crippen molar-refractivity contribution in [3.8, 4) is 0 Å². The maximum Gasteiger partial charge on any atom is 0.0733 e. The lowest BCUT2D eigenvalue weighted by Gasteiger charge is -2.38. The molecule has 0 amide bonds. The quantitative estimate of drug-likeness (QED) is 0.814. The Hall–Kier alpha value is -0.0800. The topological polar surface area (TPSA) is 21.3 Å². The van der Waals surface area contributed by atoms with E-state index in [1.165, 1.54) is 44.9 Å². The van der Waals surface area contributed by atoms with Gasteiger partial charge in [0.25, 0.3) is 0 Å². The van der Waals surface area contributed by atoms with Crippen LogP contribution in [0, 0.1) is 11.8 Å². The van der Waals surface area contributed by atoms with Gasteiger partial charge < -0.3 is 10.1 Å². The predicted octanol–water partition coefficient (Wildman–Crippen LogP) is 3.11. The lowest BCUT2D eigenvalue weighted by Crippen LogP contribution is -2.49. The molecule has 2 saturated heterocycles. The average molecular weight is 237 g/mol. The van der Waals surface area contributed by atoms with Crippen molar-refractivity contribution < 1.29 is 4.74 Å². The monoisotopic (exact) mass is 237 g/mol. The summed E-state index contributed by atoms with van der Waals surface area (Å²) in [7, 11) is 0. The molecular formula is C15H27NO. The van der Waals surface area contributed by atoms with Gasteiger partial charge in [0, 0.05) is 12.1 Å². The third-order valence-electron chi connectivity index (χ3n) is 5.21. The highest BCUT2D eigenvalue weighted by molar-refractivity contribution is 4.97. The van der Waals surface area contributed by atoms with Gasteiger partial charge in [0.1, 0.15) is 0 Å². The Morgan fingerprint density at radius 2 is 1.82 bits per heavy atom. The molecule has 3 aliphatic rings. The molecule has 17 heavy (non-hydrogen) atoms. The highest BCUT2D eigenvalue weighted by Crippen LogP contribution is 2.37. The zero-order chi connectivity index (χ0) is 11.8. The molecule has 98 valence electrons. The lowest BCUT2D eigenvalue weighted by molar-refractivity contribution is 0.0909. The van der Waals surface area contributed by atoms with Gasteiger partial charge in [0.2, 0.25) is 0 Å². The van der Waals surface area contributed by atoms with E-state index in [0.717, 1.165) is 17.9 Å². The Morgan fingerprint density at radius 3 is 2.47 bits per heavy atom. The van der Waals surface area contributed by atoms with Crippen molar-refractivity contribution in [2.45, 2.75) is 83.1 Å². The zero-order valence-corrected chi connectivity index (χ0v) is 11.3. The second kappa shape index (κ2) is 4.89. The van der Waals surface area contributed by atoms with Gasteiger partial charge in [0.05, 0.1) is 12.2 Å². The number of ether oxygens (including phenoxy) is 1. The summed E-state index contributed by atoms with van der Waals surface area (Å²) in [4.78, 5) is 0. The third-order valence-corrected chi connectivity index (χ3v) is 5.21. The second-order valence-corrected chi connectivity index (χ2v) is 6.68. The number of fused-ring (bicyclic) bond motifs is 2. The van der Waals surface area contributed by atoms with Crippen molar-refractivity contribution in [1.82, 2.24) is 5.32 Å². The van der Waals surface area contributed by atoms with Crippen LogP contribution in [0.1, 0.15) is 58.8 Å². The van der Waals surface area contributed by atoms with E-state index in [4.69, 9.17) is 4.74 Å². The van der Waals surface area contributed by atoms with Crippen molar-refractivity contribution >= 4 is 0 Å². The molecule has 2 aliphatic heterocycles. The first-order chi connectivity index (χ1) is 8.24. The first-order valence-corrected chi connectivity index (χ1v) is 7.65. The molecule has 0 aromatic carbocycles. The zero-order valence-electron chi connectivity index (χ0n) is 11.3. The molecule has 3 fully saturated rings. The molecule has 5 atom stereocenters. The normalized spacial score (nSPS) is 45.7. The first-order valence-electron chi connectivity index (χ1n) is 7.65. The smallest absolute Gasteiger partial charge is 0.0733 e. The molecule has 5 unspecified atom stereocenters. The van der Waals surface area contributed by atoms with E-state index >= 15 is 0 Å². The van der Waals surface area contributed by atoms with E-state index in [1.807, 2.05) is 0 Å². The number of rotatable bonds is 3. The minimum absolute atomic E-state index is 0.537.